The van der Waals surface area contributed by atoms with Gasteiger partial charge in [0.05, 0.1) is 25.5 Å². The van der Waals surface area contributed by atoms with Crippen LogP contribution in [0.1, 0.15) is 51.6 Å². The zero-order valence-electron chi connectivity index (χ0n) is 17.4. The highest BCUT2D eigenvalue weighted by atomic mass is 127. The van der Waals surface area contributed by atoms with Crippen molar-refractivity contribution in [2.75, 3.05) is 32.8 Å². The van der Waals surface area contributed by atoms with E-state index in [4.69, 9.17) is 14.3 Å². The number of morpholine rings is 1. The molecule has 2 unspecified atom stereocenters. The molecule has 0 bridgehead atoms. The average Bonchev–Trinajstić information content (AvgIpc) is 3.06. The third-order valence-corrected chi connectivity index (χ3v) is 4.90. The number of halogens is 1. The number of aryl methyl sites for hydroxylation is 2. The van der Waals surface area contributed by atoms with Gasteiger partial charge in [-0.3, -0.25) is 4.90 Å². The van der Waals surface area contributed by atoms with Crippen molar-refractivity contribution in [3.63, 3.8) is 0 Å². The Morgan fingerprint density at radius 2 is 2.07 bits per heavy atom. The number of ether oxygens (including phenoxy) is 1. The first-order valence-corrected chi connectivity index (χ1v) is 9.92. The molecular formula is C19H36IN5O2. The zero-order valence-corrected chi connectivity index (χ0v) is 19.7. The van der Waals surface area contributed by atoms with Crippen LogP contribution in [-0.4, -0.2) is 60.9 Å². The fourth-order valence-corrected chi connectivity index (χ4v) is 3.37. The molecule has 2 heterocycles. The first kappa shape index (κ1) is 24.2. The molecule has 1 aliphatic heterocycles. The summed E-state index contributed by atoms with van der Waals surface area (Å²) in [6.07, 6.45) is 1.71. The van der Waals surface area contributed by atoms with E-state index in [9.17, 15) is 0 Å². The monoisotopic (exact) mass is 493 g/mol. The van der Waals surface area contributed by atoms with Crippen molar-refractivity contribution in [1.82, 2.24) is 20.7 Å². The summed E-state index contributed by atoms with van der Waals surface area (Å²) in [6, 6.07) is 0.877. The highest BCUT2D eigenvalue weighted by Crippen LogP contribution is 2.16. The Kier molecular flexibility index (Phi) is 11.2. The van der Waals surface area contributed by atoms with Gasteiger partial charge < -0.3 is 19.9 Å². The third-order valence-electron chi connectivity index (χ3n) is 4.90. The number of guanidine groups is 1. The highest BCUT2D eigenvalue weighted by molar-refractivity contribution is 14.0. The van der Waals surface area contributed by atoms with E-state index in [1.165, 1.54) is 0 Å². The Morgan fingerprint density at radius 3 is 2.70 bits per heavy atom. The summed E-state index contributed by atoms with van der Waals surface area (Å²) >= 11 is 0. The maximum absolute atomic E-state index is 5.54. The van der Waals surface area contributed by atoms with Gasteiger partial charge in [0.25, 0.3) is 0 Å². The number of rotatable bonds is 8. The van der Waals surface area contributed by atoms with Crippen LogP contribution in [0.4, 0.5) is 0 Å². The third kappa shape index (κ3) is 6.90. The van der Waals surface area contributed by atoms with E-state index in [1.807, 2.05) is 0 Å². The maximum Gasteiger partial charge on any atom is 0.191 e. The number of hydrogen-bond donors (Lipinski definition) is 2. The molecule has 0 saturated carbocycles. The molecule has 7 nitrogen and oxygen atoms in total. The lowest BCUT2D eigenvalue weighted by Gasteiger charge is -2.38. The van der Waals surface area contributed by atoms with Crippen LogP contribution >= 0.6 is 24.0 Å². The number of nitrogens with zero attached hydrogens (tertiary/aromatic N) is 3. The second-order valence-corrected chi connectivity index (χ2v) is 6.82. The van der Waals surface area contributed by atoms with Gasteiger partial charge in [0.15, 0.2) is 5.96 Å². The summed E-state index contributed by atoms with van der Waals surface area (Å²) in [6.45, 7) is 15.6. The van der Waals surface area contributed by atoms with E-state index in [0.717, 1.165) is 68.7 Å². The highest BCUT2D eigenvalue weighted by Gasteiger charge is 2.23. The van der Waals surface area contributed by atoms with E-state index >= 15 is 0 Å². The molecule has 0 aliphatic carbocycles. The fraction of sp³-hybridized carbons (Fsp3) is 0.789. The van der Waals surface area contributed by atoms with Crippen molar-refractivity contribution < 1.29 is 9.26 Å². The van der Waals surface area contributed by atoms with Crippen LogP contribution in [0.25, 0.3) is 0 Å². The minimum Gasteiger partial charge on any atom is -0.379 e. The van der Waals surface area contributed by atoms with E-state index in [0.29, 0.717) is 18.6 Å². The van der Waals surface area contributed by atoms with Crippen LogP contribution in [0.3, 0.4) is 0 Å². The van der Waals surface area contributed by atoms with Crippen LogP contribution in [0.15, 0.2) is 9.52 Å². The molecule has 156 valence electrons. The normalized spacial score (nSPS) is 19.4. The second-order valence-electron chi connectivity index (χ2n) is 6.82. The van der Waals surface area contributed by atoms with Crippen LogP contribution in [0.5, 0.6) is 0 Å². The topological polar surface area (TPSA) is 74.9 Å². The van der Waals surface area contributed by atoms with Crippen molar-refractivity contribution in [3.8, 4) is 0 Å². The Bertz CT molecular complexity index is 557. The van der Waals surface area contributed by atoms with Crippen molar-refractivity contribution in [2.45, 2.75) is 66.1 Å². The Hall–Kier alpha value is -0.870. The predicted octanol–water partition coefficient (Wildman–Crippen LogP) is 2.58. The number of aliphatic imine (C=N–C) groups is 1. The number of nitrogens with one attached hydrogen (secondary N) is 2. The van der Waals surface area contributed by atoms with Gasteiger partial charge in [0, 0.05) is 43.7 Å². The minimum absolute atomic E-state index is 0. The Balaban J connectivity index is 0.00000364. The van der Waals surface area contributed by atoms with E-state index < -0.39 is 0 Å². The molecule has 1 aliphatic rings. The van der Waals surface area contributed by atoms with Gasteiger partial charge in [0.1, 0.15) is 5.76 Å². The summed E-state index contributed by atoms with van der Waals surface area (Å²) < 4.78 is 11.0. The molecule has 0 spiro atoms. The molecule has 2 N–H and O–H groups in total. The molecule has 1 saturated heterocycles. The predicted molar refractivity (Wildman–Crippen MR) is 120 cm³/mol. The number of hydrogen-bond acceptors (Lipinski definition) is 5. The summed E-state index contributed by atoms with van der Waals surface area (Å²) in [5.41, 5.74) is 2.14. The summed E-state index contributed by atoms with van der Waals surface area (Å²) in [5.74, 6) is 1.78. The van der Waals surface area contributed by atoms with Gasteiger partial charge in [0.2, 0.25) is 0 Å². The molecule has 1 fully saturated rings. The van der Waals surface area contributed by atoms with Gasteiger partial charge >= 0.3 is 0 Å². The maximum atomic E-state index is 5.54. The van der Waals surface area contributed by atoms with Crippen LogP contribution in [0, 0.1) is 0 Å². The zero-order chi connectivity index (χ0) is 18.9. The largest absolute Gasteiger partial charge is 0.379 e. The van der Waals surface area contributed by atoms with Crippen molar-refractivity contribution >= 4 is 29.9 Å². The number of aromatic nitrogens is 1. The SMILES string of the molecule is CCNC(=NCc1c(CC)noc1CC)NCC(C)N1CCOCC1C.I. The molecule has 2 atom stereocenters. The lowest BCUT2D eigenvalue weighted by molar-refractivity contribution is -0.0174. The Labute approximate surface area is 180 Å². The molecule has 0 radical (unpaired) electrons. The van der Waals surface area contributed by atoms with Crippen LogP contribution in [0.2, 0.25) is 0 Å². The average molecular weight is 493 g/mol. The smallest absolute Gasteiger partial charge is 0.191 e. The lowest BCUT2D eigenvalue weighted by atomic mass is 10.1. The molecule has 27 heavy (non-hydrogen) atoms. The van der Waals surface area contributed by atoms with Gasteiger partial charge in [-0.15, -0.1) is 24.0 Å². The van der Waals surface area contributed by atoms with Crippen LogP contribution < -0.4 is 10.6 Å². The van der Waals surface area contributed by atoms with Crippen LogP contribution in [-0.2, 0) is 24.1 Å². The molecule has 1 aromatic rings. The molecule has 0 amide bonds. The summed E-state index contributed by atoms with van der Waals surface area (Å²) in [4.78, 5) is 7.25. The summed E-state index contributed by atoms with van der Waals surface area (Å²) in [7, 11) is 0. The quantitative estimate of drug-likeness (QED) is 0.330. The lowest BCUT2D eigenvalue weighted by Crippen LogP contribution is -2.53. The minimum atomic E-state index is 0. The van der Waals surface area contributed by atoms with Gasteiger partial charge in [-0.25, -0.2) is 4.99 Å². The molecule has 1 aromatic heterocycles. The molecule has 0 aromatic carbocycles. The van der Waals surface area contributed by atoms with Crippen molar-refractivity contribution in [1.29, 1.82) is 0 Å². The molecule has 8 heteroatoms. The van der Waals surface area contributed by atoms with E-state index in [2.05, 4.69) is 55.3 Å². The fourth-order valence-electron chi connectivity index (χ4n) is 3.37. The first-order valence-electron chi connectivity index (χ1n) is 9.92. The Morgan fingerprint density at radius 1 is 1.30 bits per heavy atom. The standard InChI is InChI=1S/C19H35N5O2.HI/c1-6-17-16(18(7-2)26-23-17)12-22-19(20-8-3)21-11-14(4)24-9-10-25-13-15(24)5;/h14-15H,6-13H2,1-5H3,(H2,20,21,22);1H. The van der Waals surface area contributed by atoms with E-state index in [-0.39, 0.29) is 24.0 Å². The van der Waals surface area contributed by atoms with Crippen molar-refractivity contribution in [2.24, 2.45) is 4.99 Å². The van der Waals surface area contributed by atoms with Crippen molar-refractivity contribution in [3.05, 3.63) is 17.0 Å². The van der Waals surface area contributed by atoms with E-state index in [1.54, 1.807) is 0 Å². The summed E-state index contributed by atoms with van der Waals surface area (Å²) in [5, 5.41) is 11.0. The first-order chi connectivity index (χ1) is 12.6. The van der Waals surface area contributed by atoms with Gasteiger partial charge in [-0.2, -0.15) is 0 Å². The molecule has 2 rings (SSSR count). The molecular weight excluding hydrogens is 457 g/mol. The van der Waals surface area contributed by atoms with Gasteiger partial charge in [-0.1, -0.05) is 19.0 Å². The van der Waals surface area contributed by atoms with Gasteiger partial charge in [-0.05, 0) is 27.2 Å². The second kappa shape index (κ2) is 12.6.